The fourth-order valence-corrected chi connectivity index (χ4v) is 5.96. The van der Waals surface area contributed by atoms with Crippen molar-refractivity contribution in [1.29, 1.82) is 0 Å². The molecule has 1 fully saturated rings. The van der Waals surface area contributed by atoms with Crippen LogP contribution in [0.4, 0.5) is 0 Å². The molecule has 0 radical (unpaired) electrons. The summed E-state index contributed by atoms with van der Waals surface area (Å²) >= 11 is 0. The van der Waals surface area contributed by atoms with Crippen LogP contribution in [0.25, 0.3) is 44.3 Å². The first-order valence-corrected chi connectivity index (χ1v) is 13.4. The molecule has 1 aliphatic heterocycles. The maximum absolute atomic E-state index is 13.4. The van der Waals surface area contributed by atoms with Crippen LogP contribution in [0.15, 0.2) is 59.9 Å². The van der Waals surface area contributed by atoms with Crippen LogP contribution in [0.2, 0.25) is 0 Å². The van der Waals surface area contributed by atoms with E-state index in [-0.39, 0.29) is 18.3 Å². The third-order valence-corrected chi connectivity index (χ3v) is 8.15. The summed E-state index contributed by atoms with van der Waals surface area (Å²) in [7, 11) is -0.273. The van der Waals surface area contributed by atoms with Gasteiger partial charge in [-0.1, -0.05) is 12.1 Å². The monoisotopic (exact) mass is 518 g/mol. The van der Waals surface area contributed by atoms with Gasteiger partial charge in [0, 0.05) is 56.1 Å². The van der Waals surface area contributed by atoms with E-state index >= 15 is 0 Å². The maximum Gasteiger partial charge on any atom is 0.329 e. The van der Waals surface area contributed by atoms with Gasteiger partial charge in [-0.05, 0) is 36.6 Å². The molecule has 0 spiro atoms. The number of hydrogen-bond donors (Lipinski definition) is 1. The van der Waals surface area contributed by atoms with Crippen LogP contribution in [0.5, 0.6) is 0 Å². The van der Waals surface area contributed by atoms with Crippen LogP contribution < -0.4 is 10.8 Å². The van der Waals surface area contributed by atoms with Crippen molar-refractivity contribution in [2.75, 3.05) is 13.1 Å². The zero-order chi connectivity index (χ0) is 25.9. The molecule has 4 aromatic heterocycles. The van der Waals surface area contributed by atoms with Crippen LogP contribution in [0.1, 0.15) is 18.9 Å². The number of hydrogen-bond acceptors (Lipinski definition) is 6. The third-order valence-electron chi connectivity index (χ3n) is 7.10. The van der Waals surface area contributed by atoms with E-state index in [4.69, 9.17) is 5.14 Å². The molecule has 2 N–H and O–H groups in total. The topological polar surface area (TPSA) is 134 Å². The quantitative estimate of drug-likeness (QED) is 0.388. The number of rotatable bonds is 4. The standard InChI is InChI=1S/C25H26N8O3S/c1-30-14-18(12-29-30)21-7-6-17(11-27-21)16-5-8-22-20(10-16)24-23(13-28-22)31(2)25(34)33(24)19-4-3-9-32(15-19)37(26,35)36/h5-8,10-14,19H,3-4,9,15H2,1-2H3,(H2,26,35,36)/t19-/m1/s1. The Morgan fingerprint density at radius 3 is 2.51 bits per heavy atom. The number of fused-ring (bicyclic) bond motifs is 3. The predicted molar refractivity (Wildman–Crippen MR) is 141 cm³/mol. The molecule has 0 bridgehead atoms. The summed E-state index contributed by atoms with van der Waals surface area (Å²) < 4.78 is 30.3. The van der Waals surface area contributed by atoms with Crippen molar-refractivity contribution < 1.29 is 8.42 Å². The van der Waals surface area contributed by atoms with Crippen molar-refractivity contribution in [3.63, 3.8) is 0 Å². The maximum atomic E-state index is 13.4. The second-order valence-corrected chi connectivity index (χ2v) is 11.0. The number of pyridine rings is 2. The molecular formula is C25H26N8O3S. The van der Waals surface area contributed by atoms with Crippen LogP contribution in [-0.2, 0) is 24.3 Å². The Kier molecular flexibility index (Phi) is 5.48. The summed E-state index contributed by atoms with van der Waals surface area (Å²) in [6, 6.07) is 9.56. The van der Waals surface area contributed by atoms with Crippen LogP contribution in [0, 0.1) is 0 Å². The van der Waals surface area contributed by atoms with E-state index in [0.717, 1.165) is 38.8 Å². The smallest absolute Gasteiger partial charge is 0.293 e. The number of benzene rings is 1. The summed E-state index contributed by atoms with van der Waals surface area (Å²) in [5.74, 6) is 0. The van der Waals surface area contributed by atoms with Crippen LogP contribution in [-0.4, -0.2) is 54.7 Å². The molecule has 0 unspecified atom stereocenters. The first kappa shape index (κ1) is 23.5. The fourth-order valence-electron chi connectivity index (χ4n) is 5.20. The van der Waals surface area contributed by atoms with Crippen molar-refractivity contribution in [2.24, 2.45) is 19.2 Å². The third kappa shape index (κ3) is 4.02. The Balaban J connectivity index is 1.48. The Morgan fingerprint density at radius 2 is 1.81 bits per heavy atom. The summed E-state index contributed by atoms with van der Waals surface area (Å²) in [6.45, 7) is 0.504. The molecule has 0 aliphatic carbocycles. The van der Waals surface area contributed by atoms with Crippen molar-refractivity contribution >= 4 is 32.1 Å². The average molecular weight is 519 g/mol. The van der Waals surface area contributed by atoms with Gasteiger partial charge in [0.05, 0.1) is 40.7 Å². The number of nitrogens with zero attached hydrogens (tertiary/aromatic N) is 7. The first-order valence-electron chi connectivity index (χ1n) is 11.9. The van der Waals surface area contributed by atoms with E-state index < -0.39 is 10.2 Å². The lowest BCUT2D eigenvalue weighted by molar-refractivity contribution is 0.266. The lowest BCUT2D eigenvalue weighted by atomic mass is 10.0. The molecule has 5 aromatic rings. The van der Waals surface area contributed by atoms with Gasteiger partial charge in [-0.25, -0.2) is 9.93 Å². The van der Waals surface area contributed by atoms with Crippen LogP contribution >= 0.6 is 0 Å². The van der Waals surface area contributed by atoms with E-state index in [1.54, 1.807) is 33.3 Å². The summed E-state index contributed by atoms with van der Waals surface area (Å²) in [5, 5.41) is 10.4. The Bertz CT molecular complexity index is 1820. The number of nitrogens with two attached hydrogens (primary N) is 1. The molecule has 6 rings (SSSR count). The molecule has 11 nitrogen and oxygen atoms in total. The van der Waals surface area contributed by atoms with Gasteiger partial charge in [0.25, 0.3) is 10.2 Å². The minimum Gasteiger partial charge on any atom is -0.293 e. The van der Waals surface area contributed by atoms with Crippen molar-refractivity contribution in [3.05, 3.63) is 65.6 Å². The summed E-state index contributed by atoms with van der Waals surface area (Å²) in [5.41, 5.74) is 5.59. The molecule has 1 atom stereocenters. The molecule has 12 heteroatoms. The molecule has 190 valence electrons. The Labute approximate surface area is 213 Å². The van der Waals surface area contributed by atoms with Gasteiger partial charge < -0.3 is 0 Å². The highest BCUT2D eigenvalue weighted by Gasteiger charge is 2.30. The van der Waals surface area contributed by atoms with Gasteiger partial charge in [-0.2, -0.15) is 17.8 Å². The van der Waals surface area contributed by atoms with Gasteiger partial charge in [0.1, 0.15) is 0 Å². The molecule has 37 heavy (non-hydrogen) atoms. The molecule has 1 aromatic carbocycles. The van der Waals surface area contributed by atoms with Crippen molar-refractivity contribution in [2.45, 2.75) is 18.9 Å². The molecule has 1 aliphatic rings. The summed E-state index contributed by atoms with van der Waals surface area (Å²) in [4.78, 5) is 22.6. The number of aryl methyl sites for hydroxylation is 2. The van der Waals surface area contributed by atoms with Gasteiger partial charge in [0.2, 0.25) is 0 Å². The highest BCUT2D eigenvalue weighted by Crippen LogP contribution is 2.32. The van der Waals surface area contributed by atoms with Gasteiger partial charge >= 0.3 is 5.69 Å². The Hall–Kier alpha value is -3.87. The minimum absolute atomic E-state index is 0.154. The molecule has 0 saturated carbocycles. The van der Waals surface area contributed by atoms with E-state index in [2.05, 4.69) is 15.1 Å². The van der Waals surface area contributed by atoms with E-state index in [1.807, 2.05) is 49.8 Å². The Morgan fingerprint density at radius 1 is 1.00 bits per heavy atom. The van der Waals surface area contributed by atoms with E-state index in [9.17, 15) is 13.2 Å². The SMILES string of the molecule is Cn1cc(-c2ccc(-c3ccc4ncc5c(c4c3)n([C@@H]3CCCN(S(N)(=O)=O)C3)c(=O)n5C)cn2)cn1. The van der Waals surface area contributed by atoms with Crippen LogP contribution in [0.3, 0.4) is 0 Å². The zero-order valence-corrected chi connectivity index (χ0v) is 21.3. The lowest BCUT2D eigenvalue weighted by Crippen LogP contribution is -2.45. The highest BCUT2D eigenvalue weighted by molar-refractivity contribution is 7.86. The fraction of sp³-hybridized carbons (Fsp3) is 0.280. The van der Waals surface area contributed by atoms with Gasteiger partial charge in [0.15, 0.2) is 0 Å². The largest absolute Gasteiger partial charge is 0.329 e. The lowest BCUT2D eigenvalue weighted by Gasteiger charge is -2.31. The number of imidazole rings is 1. The second-order valence-electron chi connectivity index (χ2n) is 9.47. The summed E-state index contributed by atoms with van der Waals surface area (Å²) in [6.07, 6.45) is 8.50. The second kappa shape index (κ2) is 8.61. The molecule has 5 heterocycles. The van der Waals surface area contributed by atoms with Crippen molar-refractivity contribution in [1.82, 2.24) is 33.2 Å². The molecular weight excluding hydrogens is 492 g/mol. The highest BCUT2D eigenvalue weighted by atomic mass is 32.2. The minimum atomic E-state index is -3.85. The predicted octanol–water partition coefficient (Wildman–Crippen LogP) is 2.19. The van der Waals surface area contributed by atoms with Gasteiger partial charge in [-0.3, -0.25) is 23.8 Å². The average Bonchev–Trinajstić information content (AvgIpc) is 3.44. The number of aromatic nitrogens is 6. The number of piperidine rings is 1. The molecule has 1 saturated heterocycles. The molecule has 0 amide bonds. The van der Waals surface area contributed by atoms with Crippen molar-refractivity contribution in [3.8, 4) is 22.4 Å². The first-order chi connectivity index (χ1) is 17.7. The normalized spacial score (nSPS) is 17.1. The van der Waals surface area contributed by atoms with E-state index in [1.165, 1.54) is 4.31 Å². The van der Waals surface area contributed by atoms with E-state index in [0.29, 0.717) is 24.9 Å². The zero-order valence-electron chi connectivity index (χ0n) is 20.4. The van der Waals surface area contributed by atoms with Gasteiger partial charge in [-0.15, -0.1) is 0 Å².